The third-order valence-electron chi connectivity index (χ3n) is 4.03. The van der Waals surface area contributed by atoms with E-state index in [4.69, 9.17) is 11.6 Å². The van der Waals surface area contributed by atoms with Gasteiger partial charge in [-0.15, -0.1) is 0 Å². The first-order chi connectivity index (χ1) is 12.8. The van der Waals surface area contributed by atoms with Crippen molar-refractivity contribution < 1.29 is 4.79 Å². The van der Waals surface area contributed by atoms with Gasteiger partial charge in [0.1, 0.15) is 11.5 Å². The van der Waals surface area contributed by atoms with E-state index in [0.717, 1.165) is 5.69 Å². The molecule has 27 heavy (non-hydrogen) atoms. The van der Waals surface area contributed by atoms with Gasteiger partial charge in [0.25, 0.3) is 5.91 Å². The average Bonchev–Trinajstić information content (AvgIpc) is 2.64. The van der Waals surface area contributed by atoms with Gasteiger partial charge in [-0.2, -0.15) is 0 Å². The summed E-state index contributed by atoms with van der Waals surface area (Å²) in [6.45, 7) is 6.52. The highest BCUT2D eigenvalue weighted by Crippen LogP contribution is 2.24. The largest absolute Gasteiger partial charge is 0.339 e. The highest BCUT2D eigenvalue weighted by atomic mass is 35.5. The van der Waals surface area contributed by atoms with Gasteiger partial charge in [-0.1, -0.05) is 56.6 Å². The minimum atomic E-state index is -0.364. The van der Waals surface area contributed by atoms with Crippen molar-refractivity contribution >= 4 is 34.7 Å². The first-order valence-electron chi connectivity index (χ1n) is 8.58. The van der Waals surface area contributed by atoms with E-state index in [9.17, 15) is 4.79 Å². The molecule has 1 heterocycles. The minimum absolute atomic E-state index is 0.106. The Labute approximate surface area is 163 Å². The zero-order valence-corrected chi connectivity index (χ0v) is 16.2. The van der Waals surface area contributed by atoms with E-state index in [2.05, 4.69) is 53.5 Å². The molecule has 0 aliphatic rings. The Morgan fingerprint density at radius 1 is 0.963 bits per heavy atom. The van der Waals surface area contributed by atoms with Crippen LogP contribution < -0.4 is 10.6 Å². The molecular weight excluding hydrogens is 360 g/mol. The van der Waals surface area contributed by atoms with E-state index >= 15 is 0 Å². The maximum Gasteiger partial charge on any atom is 0.275 e. The van der Waals surface area contributed by atoms with E-state index in [1.54, 1.807) is 24.3 Å². The van der Waals surface area contributed by atoms with E-state index in [0.29, 0.717) is 16.5 Å². The second-order valence-corrected chi connectivity index (χ2v) is 7.58. The third-order valence-corrected chi connectivity index (χ3v) is 4.36. The molecule has 5 nitrogen and oxygen atoms in total. The number of benzene rings is 2. The molecule has 0 radical (unpaired) electrons. The number of aromatic nitrogens is 2. The van der Waals surface area contributed by atoms with Gasteiger partial charge >= 0.3 is 0 Å². The molecule has 0 saturated carbocycles. The molecular formula is C21H21ClN4O. The van der Waals surface area contributed by atoms with E-state index in [1.807, 2.05) is 12.1 Å². The molecule has 1 amide bonds. The Kier molecular flexibility index (Phi) is 5.42. The summed E-state index contributed by atoms with van der Waals surface area (Å²) in [4.78, 5) is 20.7. The Hall–Kier alpha value is -2.92. The van der Waals surface area contributed by atoms with Crippen molar-refractivity contribution in [2.45, 2.75) is 26.2 Å². The zero-order chi connectivity index (χ0) is 19.4. The fraction of sp³-hybridized carbons (Fsp3) is 0.190. The number of nitrogens with one attached hydrogen (secondary N) is 2. The van der Waals surface area contributed by atoms with Crippen LogP contribution in [0.5, 0.6) is 0 Å². The van der Waals surface area contributed by atoms with E-state index in [1.165, 1.54) is 18.0 Å². The van der Waals surface area contributed by atoms with Gasteiger partial charge in [-0.25, -0.2) is 9.97 Å². The molecule has 0 aliphatic carbocycles. The zero-order valence-electron chi connectivity index (χ0n) is 15.5. The van der Waals surface area contributed by atoms with Gasteiger partial charge in [0, 0.05) is 5.69 Å². The number of nitrogens with zero attached hydrogens (tertiary/aromatic N) is 2. The van der Waals surface area contributed by atoms with Gasteiger partial charge in [-0.05, 0) is 35.2 Å². The fourth-order valence-electron chi connectivity index (χ4n) is 2.46. The van der Waals surface area contributed by atoms with Crippen molar-refractivity contribution in [2.24, 2.45) is 0 Å². The van der Waals surface area contributed by atoms with Crippen LogP contribution in [0.25, 0.3) is 0 Å². The molecule has 0 fully saturated rings. The predicted octanol–water partition coefficient (Wildman–Crippen LogP) is 5.42. The van der Waals surface area contributed by atoms with Gasteiger partial charge in [0.05, 0.1) is 23.1 Å². The molecule has 0 unspecified atom stereocenters. The number of rotatable bonds is 4. The Bertz CT molecular complexity index is 932. The maximum atomic E-state index is 12.3. The molecule has 138 valence electrons. The summed E-state index contributed by atoms with van der Waals surface area (Å²) in [6.07, 6.45) is 2.96. The number of para-hydroxylation sites is 1. The molecule has 2 aromatic carbocycles. The summed E-state index contributed by atoms with van der Waals surface area (Å²) in [6, 6.07) is 15.2. The number of amides is 1. The topological polar surface area (TPSA) is 66.9 Å². The molecule has 0 saturated heterocycles. The van der Waals surface area contributed by atoms with Gasteiger partial charge in [-0.3, -0.25) is 4.79 Å². The van der Waals surface area contributed by atoms with Gasteiger partial charge < -0.3 is 10.6 Å². The molecule has 0 atom stereocenters. The molecule has 3 aromatic rings. The Morgan fingerprint density at radius 3 is 2.26 bits per heavy atom. The van der Waals surface area contributed by atoms with Crippen molar-refractivity contribution in [1.82, 2.24) is 9.97 Å². The number of anilines is 3. The monoisotopic (exact) mass is 380 g/mol. The first-order valence-corrected chi connectivity index (χ1v) is 8.96. The molecule has 1 aromatic heterocycles. The van der Waals surface area contributed by atoms with Crippen molar-refractivity contribution in [2.75, 3.05) is 10.6 Å². The van der Waals surface area contributed by atoms with Crippen LogP contribution in [0, 0.1) is 0 Å². The van der Waals surface area contributed by atoms with Crippen LogP contribution in [0.4, 0.5) is 17.2 Å². The summed E-state index contributed by atoms with van der Waals surface area (Å²) in [5, 5.41) is 6.37. The lowest BCUT2D eigenvalue weighted by atomic mass is 9.87. The van der Waals surface area contributed by atoms with Crippen LogP contribution >= 0.6 is 11.6 Å². The lowest BCUT2D eigenvalue weighted by Crippen LogP contribution is -2.14. The number of carbonyl (C=O) groups is 1. The number of halogens is 1. The number of hydrogen-bond acceptors (Lipinski definition) is 4. The van der Waals surface area contributed by atoms with Crippen LogP contribution in [0.2, 0.25) is 5.02 Å². The SMILES string of the molecule is CC(C)(C)c1ccc(Nc2cnc(C(=O)Nc3ccccc3Cl)cn2)cc1. The lowest BCUT2D eigenvalue weighted by Gasteiger charge is -2.19. The average molecular weight is 381 g/mol. The second-order valence-electron chi connectivity index (χ2n) is 7.17. The molecule has 6 heteroatoms. The van der Waals surface area contributed by atoms with Crippen LogP contribution in [0.15, 0.2) is 60.9 Å². The summed E-state index contributed by atoms with van der Waals surface area (Å²) in [5.41, 5.74) is 3.02. The van der Waals surface area contributed by atoms with Crippen LogP contribution in [0.3, 0.4) is 0 Å². The van der Waals surface area contributed by atoms with Gasteiger partial charge in [0.2, 0.25) is 0 Å². The summed E-state index contributed by atoms with van der Waals surface area (Å²) in [7, 11) is 0. The van der Waals surface area contributed by atoms with Crippen molar-refractivity contribution in [3.8, 4) is 0 Å². The van der Waals surface area contributed by atoms with Crippen LogP contribution in [-0.2, 0) is 5.41 Å². The summed E-state index contributed by atoms with van der Waals surface area (Å²) in [5.74, 6) is 0.199. The number of hydrogen-bond donors (Lipinski definition) is 2. The normalized spacial score (nSPS) is 11.1. The van der Waals surface area contributed by atoms with Crippen LogP contribution in [0.1, 0.15) is 36.8 Å². The van der Waals surface area contributed by atoms with Crippen molar-refractivity contribution in [1.29, 1.82) is 0 Å². The number of carbonyl (C=O) groups excluding carboxylic acids is 1. The predicted molar refractivity (Wildman–Crippen MR) is 110 cm³/mol. The van der Waals surface area contributed by atoms with Crippen molar-refractivity contribution in [3.63, 3.8) is 0 Å². The van der Waals surface area contributed by atoms with Crippen LogP contribution in [-0.4, -0.2) is 15.9 Å². The molecule has 0 aliphatic heterocycles. The first kappa shape index (κ1) is 18.9. The van der Waals surface area contributed by atoms with Gasteiger partial charge in [0.15, 0.2) is 0 Å². The highest BCUT2D eigenvalue weighted by Gasteiger charge is 2.13. The van der Waals surface area contributed by atoms with Crippen molar-refractivity contribution in [3.05, 3.63) is 77.2 Å². The smallest absolute Gasteiger partial charge is 0.275 e. The molecule has 2 N–H and O–H groups in total. The standard InChI is InChI=1S/C21H21ClN4O/c1-21(2,3)14-8-10-15(11-9-14)25-19-13-23-18(12-24-19)20(27)26-17-7-5-4-6-16(17)22/h4-13H,1-3H3,(H,24,25)(H,26,27). The molecule has 3 rings (SSSR count). The molecule has 0 bridgehead atoms. The minimum Gasteiger partial charge on any atom is -0.339 e. The van der Waals surface area contributed by atoms with E-state index in [-0.39, 0.29) is 17.0 Å². The summed E-state index contributed by atoms with van der Waals surface area (Å²) < 4.78 is 0. The van der Waals surface area contributed by atoms with E-state index < -0.39 is 0 Å². The lowest BCUT2D eigenvalue weighted by molar-refractivity contribution is 0.102. The quantitative estimate of drug-likeness (QED) is 0.633. The third kappa shape index (κ3) is 4.83. The fourth-order valence-corrected chi connectivity index (χ4v) is 2.64. The maximum absolute atomic E-state index is 12.3. The summed E-state index contributed by atoms with van der Waals surface area (Å²) >= 11 is 6.05. The Balaban J connectivity index is 1.66. The Morgan fingerprint density at radius 2 is 1.67 bits per heavy atom. The second kappa shape index (κ2) is 7.76. The highest BCUT2D eigenvalue weighted by molar-refractivity contribution is 6.33. The molecule has 0 spiro atoms.